The molecule has 30 heavy (non-hydrogen) atoms. The highest BCUT2D eigenvalue weighted by Gasteiger charge is 2.33. The maximum atomic E-state index is 12.8. The molecule has 0 unspecified atom stereocenters. The summed E-state index contributed by atoms with van der Waals surface area (Å²) in [5.41, 5.74) is -0.476. The van der Waals surface area contributed by atoms with Crippen molar-refractivity contribution in [1.82, 2.24) is 18.7 Å². The summed E-state index contributed by atoms with van der Waals surface area (Å²) in [4.78, 5) is 29.6. The van der Waals surface area contributed by atoms with Crippen molar-refractivity contribution in [2.75, 3.05) is 5.75 Å². The lowest BCUT2D eigenvalue weighted by atomic mass is 10.2. The van der Waals surface area contributed by atoms with Gasteiger partial charge in [0, 0.05) is 24.7 Å². The van der Waals surface area contributed by atoms with Crippen LogP contribution in [0.15, 0.2) is 39.0 Å². The molecule has 2 aromatic heterocycles. The van der Waals surface area contributed by atoms with E-state index in [1.807, 2.05) is 0 Å². The number of imidazole rings is 1. The second-order valence-electron chi connectivity index (χ2n) is 7.40. The molecule has 0 aliphatic heterocycles. The van der Waals surface area contributed by atoms with E-state index in [0.29, 0.717) is 10.6 Å². The van der Waals surface area contributed by atoms with Gasteiger partial charge in [-0.05, 0) is 37.0 Å². The van der Waals surface area contributed by atoms with Gasteiger partial charge in [0.2, 0.25) is 15.0 Å². The number of aryl methyl sites for hydroxylation is 1. The minimum absolute atomic E-state index is 0.0106. The molecule has 10 heteroatoms. The first-order valence-corrected chi connectivity index (χ1v) is 11.4. The van der Waals surface area contributed by atoms with E-state index in [2.05, 4.69) is 16.8 Å². The summed E-state index contributed by atoms with van der Waals surface area (Å²) in [6, 6.07) is 6.96. The van der Waals surface area contributed by atoms with Gasteiger partial charge < -0.3 is 4.57 Å². The van der Waals surface area contributed by atoms with Gasteiger partial charge in [-0.3, -0.25) is 13.9 Å². The molecule has 0 bridgehead atoms. The minimum Gasteiger partial charge on any atom is -0.312 e. The SMILES string of the molecule is Cn1c(=O)c2c(nc(S(=O)(=O)CC3CC3)n2C)n(CC#Cc2cccc(Cl)c2)c1=O. The number of aromatic nitrogens is 4. The summed E-state index contributed by atoms with van der Waals surface area (Å²) in [7, 11) is -0.861. The van der Waals surface area contributed by atoms with Crippen LogP contribution in [0.3, 0.4) is 0 Å². The quantitative estimate of drug-likeness (QED) is 0.563. The third-order valence-electron chi connectivity index (χ3n) is 5.04. The molecule has 1 fully saturated rings. The van der Waals surface area contributed by atoms with Crippen molar-refractivity contribution in [3.63, 3.8) is 0 Å². The van der Waals surface area contributed by atoms with Crippen LogP contribution in [-0.4, -0.2) is 32.9 Å². The zero-order valence-electron chi connectivity index (χ0n) is 16.4. The Hall–Kier alpha value is -2.83. The maximum absolute atomic E-state index is 12.8. The lowest BCUT2D eigenvalue weighted by Crippen LogP contribution is -2.38. The Balaban J connectivity index is 1.84. The Morgan fingerprint density at radius 2 is 1.93 bits per heavy atom. The summed E-state index contributed by atoms with van der Waals surface area (Å²) in [5, 5.41) is 0.336. The van der Waals surface area contributed by atoms with Crippen molar-refractivity contribution in [3.8, 4) is 11.8 Å². The molecule has 0 saturated heterocycles. The molecular formula is C20H19ClN4O4S. The second-order valence-corrected chi connectivity index (χ2v) is 9.76. The molecule has 0 atom stereocenters. The van der Waals surface area contributed by atoms with E-state index in [0.717, 1.165) is 17.4 Å². The topological polar surface area (TPSA) is 96.0 Å². The molecule has 0 N–H and O–H groups in total. The molecule has 0 radical (unpaired) electrons. The lowest BCUT2D eigenvalue weighted by Gasteiger charge is -2.06. The minimum atomic E-state index is -3.68. The van der Waals surface area contributed by atoms with E-state index in [9.17, 15) is 18.0 Å². The van der Waals surface area contributed by atoms with Gasteiger partial charge in [0.05, 0.1) is 12.3 Å². The Bertz CT molecular complexity index is 1450. The Kier molecular flexibility index (Phi) is 5.08. The molecule has 1 aromatic carbocycles. The molecular weight excluding hydrogens is 428 g/mol. The van der Waals surface area contributed by atoms with Crippen LogP contribution in [0.25, 0.3) is 11.2 Å². The fourth-order valence-electron chi connectivity index (χ4n) is 3.29. The van der Waals surface area contributed by atoms with Gasteiger partial charge in [-0.15, -0.1) is 0 Å². The van der Waals surface area contributed by atoms with E-state index in [-0.39, 0.29) is 34.5 Å². The van der Waals surface area contributed by atoms with E-state index < -0.39 is 21.1 Å². The number of benzene rings is 1. The van der Waals surface area contributed by atoms with Crippen molar-refractivity contribution in [2.24, 2.45) is 20.0 Å². The monoisotopic (exact) mass is 446 g/mol. The number of rotatable bonds is 4. The van der Waals surface area contributed by atoms with Crippen LogP contribution in [-0.2, 0) is 30.5 Å². The number of halogens is 1. The van der Waals surface area contributed by atoms with Crippen molar-refractivity contribution < 1.29 is 8.42 Å². The summed E-state index contributed by atoms with van der Waals surface area (Å²) in [6.07, 6.45) is 1.74. The molecule has 3 aromatic rings. The summed E-state index contributed by atoms with van der Waals surface area (Å²) < 4.78 is 29.0. The highest BCUT2D eigenvalue weighted by Crippen LogP contribution is 2.32. The van der Waals surface area contributed by atoms with Crippen molar-refractivity contribution >= 4 is 32.6 Å². The molecule has 0 spiro atoms. The summed E-state index contributed by atoms with van der Waals surface area (Å²) in [5.74, 6) is 5.90. The highest BCUT2D eigenvalue weighted by molar-refractivity contribution is 7.91. The molecule has 8 nitrogen and oxygen atoms in total. The predicted molar refractivity (Wildman–Crippen MR) is 113 cm³/mol. The predicted octanol–water partition coefficient (Wildman–Crippen LogP) is 1.32. The van der Waals surface area contributed by atoms with Gasteiger partial charge in [0.1, 0.15) is 0 Å². The molecule has 1 aliphatic carbocycles. The Morgan fingerprint density at radius 3 is 2.60 bits per heavy atom. The van der Waals surface area contributed by atoms with Crippen LogP contribution in [0.1, 0.15) is 18.4 Å². The van der Waals surface area contributed by atoms with Gasteiger partial charge in [-0.1, -0.05) is 29.5 Å². The largest absolute Gasteiger partial charge is 0.333 e. The van der Waals surface area contributed by atoms with Crippen molar-refractivity contribution in [3.05, 3.63) is 55.7 Å². The van der Waals surface area contributed by atoms with Crippen LogP contribution in [0.4, 0.5) is 0 Å². The van der Waals surface area contributed by atoms with Crippen LogP contribution in [0.5, 0.6) is 0 Å². The van der Waals surface area contributed by atoms with Gasteiger partial charge in [-0.25, -0.2) is 13.2 Å². The van der Waals surface area contributed by atoms with E-state index in [1.54, 1.807) is 24.3 Å². The first-order chi connectivity index (χ1) is 14.2. The second kappa shape index (κ2) is 7.45. The first-order valence-electron chi connectivity index (χ1n) is 9.32. The first kappa shape index (κ1) is 20.4. The third-order valence-corrected chi connectivity index (χ3v) is 7.11. The van der Waals surface area contributed by atoms with E-state index in [4.69, 9.17) is 11.6 Å². The van der Waals surface area contributed by atoms with Gasteiger partial charge in [-0.2, -0.15) is 4.98 Å². The standard InChI is InChI=1S/C20H19ClN4O4S/c1-23-16-17(22-19(23)30(28,29)12-14-8-9-14)25(20(27)24(2)18(16)26)10-4-6-13-5-3-7-15(21)11-13/h3,5,7,11,14H,8-10,12H2,1-2H3. The van der Waals surface area contributed by atoms with Gasteiger partial charge >= 0.3 is 5.69 Å². The summed E-state index contributed by atoms with van der Waals surface area (Å²) in [6.45, 7) is -0.0604. The number of hydrogen-bond acceptors (Lipinski definition) is 5. The lowest BCUT2D eigenvalue weighted by molar-refractivity contribution is 0.576. The third kappa shape index (κ3) is 3.68. The molecule has 156 valence electrons. The zero-order chi connectivity index (χ0) is 21.6. The number of hydrogen-bond donors (Lipinski definition) is 0. The normalized spacial score (nSPS) is 14.0. The average Bonchev–Trinajstić information content (AvgIpc) is 3.41. The number of nitrogens with zero attached hydrogens (tertiary/aromatic N) is 4. The number of sulfone groups is 1. The molecule has 4 rings (SSSR count). The van der Waals surface area contributed by atoms with Crippen molar-refractivity contribution in [1.29, 1.82) is 0 Å². The molecule has 1 saturated carbocycles. The van der Waals surface area contributed by atoms with E-state index in [1.165, 1.54) is 23.2 Å². The number of fused-ring (bicyclic) bond motifs is 1. The van der Waals surface area contributed by atoms with Gasteiger partial charge in [0.15, 0.2) is 11.2 Å². The van der Waals surface area contributed by atoms with Crippen LogP contribution < -0.4 is 11.2 Å². The average molecular weight is 447 g/mol. The highest BCUT2D eigenvalue weighted by atomic mass is 35.5. The van der Waals surface area contributed by atoms with Gasteiger partial charge in [0.25, 0.3) is 5.56 Å². The molecule has 1 aliphatic rings. The fourth-order valence-corrected chi connectivity index (χ4v) is 5.31. The van der Waals surface area contributed by atoms with Crippen LogP contribution in [0, 0.1) is 17.8 Å². The maximum Gasteiger partial charge on any atom is 0.333 e. The fraction of sp³-hybridized carbons (Fsp3) is 0.350. The molecule has 2 heterocycles. The molecule has 0 amide bonds. The smallest absolute Gasteiger partial charge is 0.312 e. The van der Waals surface area contributed by atoms with E-state index >= 15 is 0 Å². The van der Waals surface area contributed by atoms with Crippen LogP contribution in [0.2, 0.25) is 5.02 Å². The summed E-state index contributed by atoms with van der Waals surface area (Å²) >= 11 is 5.95. The van der Waals surface area contributed by atoms with Crippen LogP contribution >= 0.6 is 11.6 Å². The Labute approximate surface area is 177 Å². The Morgan fingerprint density at radius 1 is 1.20 bits per heavy atom. The van der Waals surface area contributed by atoms with Crippen molar-refractivity contribution in [2.45, 2.75) is 24.5 Å². The zero-order valence-corrected chi connectivity index (χ0v) is 18.0.